The van der Waals surface area contributed by atoms with Crippen molar-refractivity contribution in [3.05, 3.63) is 74.8 Å². The van der Waals surface area contributed by atoms with Crippen LogP contribution in [0.25, 0.3) is 0 Å². The van der Waals surface area contributed by atoms with E-state index in [1.165, 1.54) is 38.1 Å². The number of nitrogens with zero attached hydrogens (tertiary/aromatic N) is 2. The van der Waals surface area contributed by atoms with Gasteiger partial charge in [0, 0.05) is 17.2 Å². The van der Waals surface area contributed by atoms with Gasteiger partial charge in [0.05, 0.1) is 16.1 Å². The van der Waals surface area contributed by atoms with Gasteiger partial charge >= 0.3 is 5.97 Å². The highest BCUT2D eigenvalue weighted by atomic mass is 16.6. The molecule has 0 spiro atoms. The number of ketones is 1. The van der Waals surface area contributed by atoms with Crippen LogP contribution in [0.5, 0.6) is 0 Å². The molecule has 9 heteroatoms. The highest BCUT2D eigenvalue weighted by molar-refractivity contribution is 6.22. The molecule has 0 aromatic heterocycles. The molecule has 1 heterocycles. The minimum absolute atomic E-state index is 0.0171. The van der Waals surface area contributed by atoms with E-state index in [4.69, 9.17) is 4.74 Å². The summed E-state index contributed by atoms with van der Waals surface area (Å²) in [7, 11) is 0. The van der Waals surface area contributed by atoms with Gasteiger partial charge in [-0.15, -0.1) is 0 Å². The third-order valence-electron chi connectivity index (χ3n) is 4.63. The number of amides is 2. The molecule has 0 radical (unpaired) electrons. The number of carbonyl (C=O) groups excluding carboxylic acids is 4. The van der Waals surface area contributed by atoms with Crippen LogP contribution in [0.2, 0.25) is 0 Å². The quantitative estimate of drug-likeness (QED) is 0.241. The number of ether oxygens (including phenoxy) is 1. The van der Waals surface area contributed by atoms with Gasteiger partial charge in [0.2, 0.25) is 5.78 Å². The van der Waals surface area contributed by atoms with Crippen molar-refractivity contribution in [2.45, 2.75) is 19.9 Å². The molecule has 0 aliphatic carbocycles. The van der Waals surface area contributed by atoms with Crippen molar-refractivity contribution in [1.82, 2.24) is 4.90 Å². The summed E-state index contributed by atoms with van der Waals surface area (Å²) in [5, 5.41) is 11.0. The van der Waals surface area contributed by atoms with E-state index in [-0.39, 0.29) is 22.4 Å². The fourth-order valence-corrected chi connectivity index (χ4v) is 2.99. The molecule has 0 N–H and O–H groups in total. The molecule has 3 rings (SSSR count). The molecule has 2 aromatic carbocycles. The smallest absolute Gasteiger partial charge is 0.329 e. The number of imide groups is 1. The Kier molecular flexibility index (Phi) is 5.22. The van der Waals surface area contributed by atoms with Gasteiger partial charge < -0.3 is 4.74 Å². The van der Waals surface area contributed by atoms with Crippen LogP contribution in [0.3, 0.4) is 0 Å². The van der Waals surface area contributed by atoms with E-state index in [0.29, 0.717) is 5.56 Å². The Balaban J connectivity index is 1.68. The molecule has 1 aliphatic heterocycles. The molecule has 0 unspecified atom stereocenters. The van der Waals surface area contributed by atoms with Crippen molar-refractivity contribution in [2.75, 3.05) is 6.61 Å². The molecule has 0 fully saturated rings. The normalized spacial score (nSPS) is 13.8. The third kappa shape index (κ3) is 3.62. The number of nitro benzene ring substituents is 1. The fraction of sp³-hybridized carbons (Fsp3) is 0.200. The Morgan fingerprint density at radius 1 is 1.10 bits per heavy atom. The van der Waals surface area contributed by atoms with Crippen LogP contribution < -0.4 is 0 Å². The van der Waals surface area contributed by atoms with Crippen LogP contribution in [0.15, 0.2) is 42.5 Å². The largest absolute Gasteiger partial charge is 0.456 e. The second kappa shape index (κ2) is 7.63. The van der Waals surface area contributed by atoms with Crippen molar-refractivity contribution in [2.24, 2.45) is 0 Å². The van der Waals surface area contributed by atoms with Crippen molar-refractivity contribution in [3.63, 3.8) is 0 Å². The number of aryl methyl sites for hydroxylation is 1. The van der Waals surface area contributed by atoms with Gasteiger partial charge in [-0.3, -0.25) is 29.4 Å². The predicted octanol–water partition coefficient (Wildman–Crippen LogP) is 2.31. The first-order valence-electron chi connectivity index (χ1n) is 8.64. The maximum atomic E-state index is 12.4. The maximum Gasteiger partial charge on any atom is 0.329 e. The van der Waals surface area contributed by atoms with Crippen LogP contribution in [-0.4, -0.2) is 46.0 Å². The summed E-state index contributed by atoms with van der Waals surface area (Å²) in [5.74, 6) is -2.81. The monoisotopic (exact) mass is 396 g/mol. The minimum Gasteiger partial charge on any atom is -0.456 e. The minimum atomic E-state index is -1.23. The highest BCUT2D eigenvalue weighted by Crippen LogP contribution is 2.25. The first-order chi connectivity index (χ1) is 13.7. The first kappa shape index (κ1) is 19.9. The average molecular weight is 396 g/mol. The lowest BCUT2D eigenvalue weighted by atomic mass is 10.1. The summed E-state index contributed by atoms with van der Waals surface area (Å²) < 4.78 is 4.95. The lowest BCUT2D eigenvalue weighted by Crippen LogP contribution is -2.44. The topological polar surface area (TPSA) is 124 Å². The second-order valence-electron chi connectivity index (χ2n) is 6.49. The number of benzene rings is 2. The van der Waals surface area contributed by atoms with Crippen LogP contribution in [0.1, 0.15) is 43.6 Å². The SMILES string of the molecule is Cc1ccc(C(=O)COC(=O)[C@H](C)N2C(=O)c3ccccc3C2=O)cc1[N+](=O)[O-]. The van der Waals surface area contributed by atoms with Crippen molar-refractivity contribution >= 4 is 29.3 Å². The summed E-state index contributed by atoms with van der Waals surface area (Å²) in [6.45, 7) is 2.19. The number of carbonyl (C=O) groups is 4. The number of rotatable bonds is 6. The molecule has 0 bridgehead atoms. The molecule has 1 atom stereocenters. The lowest BCUT2D eigenvalue weighted by molar-refractivity contribution is -0.385. The number of hydrogen-bond acceptors (Lipinski definition) is 7. The van der Waals surface area contributed by atoms with Gasteiger partial charge in [-0.25, -0.2) is 4.79 Å². The predicted molar refractivity (Wildman–Crippen MR) is 99.5 cm³/mol. The molecule has 29 heavy (non-hydrogen) atoms. The summed E-state index contributed by atoms with van der Waals surface area (Å²) in [5.41, 5.74) is 0.577. The highest BCUT2D eigenvalue weighted by Gasteiger charge is 2.41. The van der Waals surface area contributed by atoms with E-state index >= 15 is 0 Å². The average Bonchev–Trinajstić information content (AvgIpc) is 2.96. The van der Waals surface area contributed by atoms with E-state index in [1.54, 1.807) is 12.1 Å². The maximum absolute atomic E-state index is 12.4. The van der Waals surface area contributed by atoms with Crippen LogP contribution in [-0.2, 0) is 9.53 Å². The van der Waals surface area contributed by atoms with Gasteiger partial charge in [0.15, 0.2) is 6.61 Å². The molecule has 1 aliphatic rings. The third-order valence-corrected chi connectivity index (χ3v) is 4.63. The number of nitro groups is 1. The molecular formula is C20H16N2O7. The van der Waals surface area contributed by atoms with E-state index in [1.807, 2.05) is 0 Å². The lowest BCUT2D eigenvalue weighted by Gasteiger charge is -2.20. The zero-order chi connectivity index (χ0) is 21.3. The van der Waals surface area contributed by atoms with Crippen LogP contribution in [0.4, 0.5) is 5.69 Å². The molecular weight excluding hydrogens is 380 g/mol. The zero-order valence-corrected chi connectivity index (χ0v) is 15.6. The van der Waals surface area contributed by atoms with Crippen molar-refractivity contribution in [1.29, 1.82) is 0 Å². The molecule has 9 nitrogen and oxygen atoms in total. The first-order valence-corrected chi connectivity index (χ1v) is 8.64. The number of esters is 1. The Labute approximate surface area is 165 Å². The van der Waals surface area contributed by atoms with Crippen LogP contribution in [0, 0.1) is 17.0 Å². The van der Waals surface area contributed by atoms with Crippen molar-refractivity contribution in [3.8, 4) is 0 Å². The molecule has 2 aromatic rings. The number of hydrogen-bond donors (Lipinski definition) is 0. The van der Waals surface area contributed by atoms with Crippen molar-refractivity contribution < 1.29 is 28.8 Å². The zero-order valence-electron chi connectivity index (χ0n) is 15.6. The van der Waals surface area contributed by atoms with Gasteiger partial charge in [0.1, 0.15) is 6.04 Å². The van der Waals surface area contributed by atoms with Crippen LogP contribution >= 0.6 is 0 Å². The summed E-state index contributed by atoms with van der Waals surface area (Å²) in [6, 6.07) is 8.89. The Morgan fingerprint density at radius 3 is 2.24 bits per heavy atom. The molecule has 0 saturated carbocycles. The van der Waals surface area contributed by atoms with E-state index in [2.05, 4.69) is 0 Å². The molecule has 2 amide bonds. The molecule has 148 valence electrons. The van der Waals surface area contributed by atoms with Gasteiger partial charge in [-0.1, -0.05) is 24.3 Å². The summed E-state index contributed by atoms with van der Waals surface area (Å²) >= 11 is 0. The Morgan fingerprint density at radius 2 is 1.69 bits per heavy atom. The van der Waals surface area contributed by atoms with Gasteiger partial charge in [0.25, 0.3) is 17.5 Å². The summed E-state index contributed by atoms with van der Waals surface area (Å²) in [6.07, 6.45) is 0. The standard InChI is InChI=1S/C20H16N2O7/c1-11-7-8-13(9-16(11)22(27)28)17(23)10-29-20(26)12(2)21-18(24)14-5-3-4-6-15(14)19(21)25/h3-9,12H,10H2,1-2H3/t12-/m0/s1. The van der Waals surface area contributed by atoms with E-state index in [0.717, 1.165) is 11.0 Å². The Hall–Kier alpha value is -3.88. The van der Waals surface area contributed by atoms with E-state index < -0.39 is 41.1 Å². The van der Waals surface area contributed by atoms with Gasteiger partial charge in [-0.2, -0.15) is 0 Å². The Bertz CT molecular complexity index is 1030. The molecule has 0 saturated heterocycles. The number of Topliss-reactive ketones (excluding diaryl/α,β-unsaturated/α-hetero) is 1. The van der Waals surface area contributed by atoms with E-state index in [9.17, 15) is 29.3 Å². The van der Waals surface area contributed by atoms with Gasteiger partial charge in [-0.05, 0) is 26.0 Å². The fourth-order valence-electron chi connectivity index (χ4n) is 2.99. The second-order valence-corrected chi connectivity index (χ2v) is 6.49. The summed E-state index contributed by atoms with van der Waals surface area (Å²) in [4.78, 5) is 60.5. The number of fused-ring (bicyclic) bond motifs is 1.